The van der Waals surface area contributed by atoms with Gasteiger partial charge in [-0.05, 0) is 53.9 Å². The number of piperazine rings is 1. The van der Waals surface area contributed by atoms with Crippen LogP contribution in [-0.2, 0) is 0 Å². The van der Waals surface area contributed by atoms with Crippen molar-refractivity contribution < 1.29 is 19.4 Å². The van der Waals surface area contributed by atoms with Crippen LogP contribution in [0.15, 0.2) is 60.9 Å². The number of halogens is 1. The first-order valence-corrected chi connectivity index (χ1v) is 11.8. The molecule has 0 spiro atoms. The summed E-state index contributed by atoms with van der Waals surface area (Å²) < 4.78 is 15.6. The lowest BCUT2D eigenvalue weighted by molar-refractivity contribution is 0.0747. The summed E-state index contributed by atoms with van der Waals surface area (Å²) in [6.07, 6.45) is 2.61. The van der Waals surface area contributed by atoms with Crippen LogP contribution in [0, 0.1) is 11.2 Å². The molecular formula is C27H28FN5O3. The standard InChI is InChI=1S/C27H28FN5O3/c1-27(2,3)21-16-31(14-15-32(21)26(35)36)24-25-30-22(17-4-8-19(28)9-5-17)23(33(25)13-12-29-24)18-6-10-20(34)11-7-18/h4-13,21,34H,14-16H2,1-3H3,(H,35,36). The van der Waals surface area contributed by atoms with Crippen LogP contribution in [0.1, 0.15) is 20.8 Å². The third kappa shape index (κ3) is 4.21. The van der Waals surface area contributed by atoms with Gasteiger partial charge in [0.15, 0.2) is 11.5 Å². The molecule has 1 atom stereocenters. The molecular weight excluding hydrogens is 461 g/mol. The number of nitrogens with zero attached hydrogens (tertiary/aromatic N) is 5. The van der Waals surface area contributed by atoms with Crippen molar-refractivity contribution >= 4 is 17.6 Å². The zero-order valence-electron chi connectivity index (χ0n) is 20.4. The van der Waals surface area contributed by atoms with Gasteiger partial charge in [0.05, 0.1) is 17.4 Å². The first-order valence-electron chi connectivity index (χ1n) is 11.8. The Morgan fingerprint density at radius 3 is 2.33 bits per heavy atom. The molecule has 3 heterocycles. The number of rotatable bonds is 3. The highest BCUT2D eigenvalue weighted by Crippen LogP contribution is 2.37. The molecule has 1 unspecified atom stereocenters. The van der Waals surface area contributed by atoms with Crippen molar-refractivity contribution in [1.82, 2.24) is 19.3 Å². The number of amides is 1. The van der Waals surface area contributed by atoms with E-state index in [4.69, 9.17) is 4.98 Å². The fourth-order valence-electron chi connectivity index (χ4n) is 4.84. The van der Waals surface area contributed by atoms with E-state index in [0.29, 0.717) is 36.8 Å². The molecule has 4 aromatic rings. The molecule has 0 saturated carbocycles. The highest BCUT2D eigenvalue weighted by Gasteiger charge is 2.39. The fourth-order valence-corrected chi connectivity index (χ4v) is 4.84. The molecule has 186 valence electrons. The second kappa shape index (κ2) is 8.82. The Kier molecular flexibility index (Phi) is 5.78. The van der Waals surface area contributed by atoms with Crippen molar-refractivity contribution in [2.75, 3.05) is 24.5 Å². The van der Waals surface area contributed by atoms with Crippen LogP contribution in [0.4, 0.5) is 15.0 Å². The molecule has 0 radical (unpaired) electrons. The van der Waals surface area contributed by atoms with Gasteiger partial charge in [0.1, 0.15) is 11.6 Å². The summed E-state index contributed by atoms with van der Waals surface area (Å²) in [4.78, 5) is 25.1. The minimum absolute atomic E-state index is 0.155. The molecule has 36 heavy (non-hydrogen) atoms. The number of benzene rings is 2. The maximum absolute atomic E-state index is 13.7. The van der Waals surface area contributed by atoms with E-state index in [1.54, 1.807) is 30.5 Å². The number of anilines is 1. The SMILES string of the molecule is CC(C)(C)C1CN(c2nccn3c(-c4ccc(O)cc4)c(-c4ccc(F)cc4)nc23)CCN1C(=O)O. The number of imidazole rings is 1. The minimum Gasteiger partial charge on any atom is -0.508 e. The second-order valence-corrected chi connectivity index (χ2v) is 10.1. The largest absolute Gasteiger partial charge is 0.508 e. The fraction of sp³-hybridized carbons (Fsp3) is 0.296. The van der Waals surface area contributed by atoms with Gasteiger partial charge in [0.2, 0.25) is 0 Å². The van der Waals surface area contributed by atoms with Crippen molar-refractivity contribution in [2.45, 2.75) is 26.8 Å². The summed E-state index contributed by atoms with van der Waals surface area (Å²) in [6.45, 7) is 7.44. The van der Waals surface area contributed by atoms with Crippen LogP contribution in [-0.4, -0.2) is 61.3 Å². The molecule has 0 aliphatic carbocycles. The Hall–Kier alpha value is -4.14. The smallest absolute Gasteiger partial charge is 0.407 e. The van der Waals surface area contributed by atoms with E-state index in [1.807, 2.05) is 43.5 Å². The average Bonchev–Trinajstić information content (AvgIpc) is 3.24. The van der Waals surface area contributed by atoms with Crippen LogP contribution in [0.3, 0.4) is 0 Å². The summed E-state index contributed by atoms with van der Waals surface area (Å²) in [6, 6.07) is 12.8. The monoisotopic (exact) mass is 489 g/mol. The summed E-state index contributed by atoms with van der Waals surface area (Å²) in [5.41, 5.74) is 3.38. The van der Waals surface area contributed by atoms with E-state index in [-0.39, 0.29) is 23.0 Å². The number of hydrogen-bond donors (Lipinski definition) is 2. The van der Waals surface area contributed by atoms with Gasteiger partial charge in [-0.1, -0.05) is 20.8 Å². The van der Waals surface area contributed by atoms with Crippen LogP contribution in [0.25, 0.3) is 28.2 Å². The van der Waals surface area contributed by atoms with E-state index in [9.17, 15) is 19.4 Å². The zero-order chi connectivity index (χ0) is 25.6. The number of carbonyl (C=O) groups is 1. The summed E-state index contributed by atoms with van der Waals surface area (Å²) >= 11 is 0. The predicted molar refractivity (Wildman–Crippen MR) is 136 cm³/mol. The molecule has 5 rings (SSSR count). The lowest BCUT2D eigenvalue weighted by atomic mass is 9.84. The lowest BCUT2D eigenvalue weighted by Crippen LogP contribution is -2.59. The Morgan fingerprint density at radius 1 is 1.03 bits per heavy atom. The number of carboxylic acid groups (broad SMARTS) is 1. The van der Waals surface area contributed by atoms with Gasteiger partial charge in [-0.15, -0.1) is 0 Å². The molecule has 1 aliphatic rings. The summed E-state index contributed by atoms with van der Waals surface area (Å²) in [7, 11) is 0. The molecule has 9 heteroatoms. The molecule has 2 N–H and O–H groups in total. The molecule has 0 bridgehead atoms. The minimum atomic E-state index is -0.922. The maximum atomic E-state index is 13.7. The number of aromatic nitrogens is 3. The third-order valence-corrected chi connectivity index (χ3v) is 6.71. The second-order valence-electron chi connectivity index (χ2n) is 10.1. The van der Waals surface area contributed by atoms with E-state index < -0.39 is 6.09 Å². The van der Waals surface area contributed by atoms with E-state index in [2.05, 4.69) is 9.88 Å². The molecule has 2 aromatic carbocycles. The Bertz CT molecular complexity index is 1410. The van der Waals surface area contributed by atoms with Crippen LogP contribution in [0.2, 0.25) is 0 Å². The molecule has 1 saturated heterocycles. The van der Waals surface area contributed by atoms with Gasteiger partial charge in [-0.2, -0.15) is 0 Å². The topological polar surface area (TPSA) is 94.2 Å². The normalized spacial score (nSPS) is 16.5. The highest BCUT2D eigenvalue weighted by atomic mass is 19.1. The van der Waals surface area contributed by atoms with Crippen LogP contribution in [0.5, 0.6) is 5.75 Å². The quantitative estimate of drug-likeness (QED) is 0.415. The summed E-state index contributed by atoms with van der Waals surface area (Å²) in [5.74, 6) is 0.480. The molecule has 1 amide bonds. The Labute approximate surface area is 208 Å². The molecule has 1 aliphatic heterocycles. The first kappa shape index (κ1) is 23.6. The molecule has 8 nitrogen and oxygen atoms in total. The van der Waals surface area contributed by atoms with E-state index in [0.717, 1.165) is 16.8 Å². The number of phenolic OH excluding ortho intramolecular Hbond substituents is 1. The summed E-state index contributed by atoms with van der Waals surface area (Å²) in [5, 5.41) is 19.6. The van der Waals surface area contributed by atoms with Gasteiger partial charge >= 0.3 is 6.09 Å². The predicted octanol–water partition coefficient (Wildman–Crippen LogP) is 5.12. The van der Waals surface area contributed by atoms with Crippen molar-refractivity contribution in [1.29, 1.82) is 0 Å². The number of phenols is 1. The third-order valence-electron chi connectivity index (χ3n) is 6.71. The van der Waals surface area contributed by atoms with E-state index >= 15 is 0 Å². The van der Waals surface area contributed by atoms with Crippen LogP contribution >= 0.6 is 0 Å². The highest BCUT2D eigenvalue weighted by molar-refractivity contribution is 5.85. The van der Waals surface area contributed by atoms with Crippen LogP contribution < -0.4 is 4.90 Å². The number of hydrogen-bond acceptors (Lipinski definition) is 5. The van der Waals surface area contributed by atoms with Crippen molar-refractivity contribution in [3.05, 3.63) is 66.7 Å². The lowest BCUT2D eigenvalue weighted by Gasteiger charge is -2.46. The number of fused-ring (bicyclic) bond motifs is 1. The molecule has 2 aromatic heterocycles. The Morgan fingerprint density at radius 2 is 1.69 bits per heavy atom. The average molecular weight is 490 g/mol. The zero-order valence-corrected chi connectivity index (χ0v) is 20.4. The first-order chi connectivity index (χ1) is 17.1. The van der Waals surface area contributed by atoms with Crippen molar-refractivity contribution in [3.63, 3.8) is 0 Å². The van der Waals surface area contributed by atoms with Gasteiger partial charge in [0, 0.05) is 43.2 Å². The van der Waals surface area contributed by atoms with Gasteiger partial charge in [-0.25, -0.2) is 19.2 Å². The molecule has 1 fully saturated rings. The number of aromatic hydroxyl groups is 1. The maximum Gasteiger partial charge on any atom is 0.407 e. The van der Waals surface area contributed by atoms with Crippen molar-refractivity contribution in [2.24, 2.45) is 5.41 Å². The van der Waals surface area contributed by atoms with Gasteiger partial charge < -0.3 is 20.0 Å². The van der Waals surface area contributed by atoms with Gasteiger partial charge in [0.25, 0.3) is 0 Å². The van der Waals surface area contributed by atoms with Gasteiger partial charge in [-0.3, -0.25) is 4.40 Å². The van der Waals surface area contributed by atoms with Crippen molar-refractivity contribution in [3.8, 4) is 28.3 Å². The van der Waals surface area contributed by atoms with E-state index in [1.165, 1.54) is 17.0 Å². The Balaban J connectivity index is 1.67.